The predicted octanol–water partition coefficient (Wildman–Crippen LogP) is 3.15. The van der Waals surface area contributed by atoms with Crippen LogP contribution in [0.5, 0.6) is 5.75 Å². The average molecular weight is 289 g/mol. The molecule has 2 rings (SSSR count). The van der Waals surface area contributed by atoms with E-state index in [1.54, 1.807) is 12.1 Å². The van der Waals surface area contributed by atoms with E-state index in [9.17, 15) is 4.39 Å². The molecule has 0 saturated carbocycles. The van der Waals surface area contributed by atoms with Crippen molar-refractivity contribution in [2.45, 2.75) is 26.7 Å². The maximum absolute atomic E-state index is 13.3. The predicted molar refractivity (Wildman–Crippen MR) is 81.3 cm³/mol. The summed E-state index contributed by atoms with van der Waals surface area (Å²) >= 11 is 0. The second-order valence-electron chi connectivity index (χ2n) is 4.79. The lowest BCUT2D eigenvalue weighted by Gasteiger charge is -2.09. The van der Waals surface area contributed by atoms with Gasteiger partial charge in [0, 0.05) is 18.3 Å². The van der Waals surface area contributed by atoms with E-state index in [0.717, 1.165) is 35.7 Å². The highest BCUT2D eigenvalue weighted by Crippen LogP contribution is 2.18. The number of nitrogens with zero attached hydrogens (tertiary/aromatic N) is 2. The fourth-order valence-corrected chi connectivity index (χ4v) is 2.10. The Kier molecular flexibility index (Phi) is 5.09. The van der Waals surface area contributed by atoms with Crippen LogP contribution >= 0.6 is 0 Å². The zero-order valence-corrected chi connectivity index (χ0v) is 12.6. The third-order valence-corrected chi connectivity index (χ3v) is 3.19. The molecule has 0 bridgehead atoms. The van der Waals surface area contributed by atoms with Gasteiger partial charge in [-0.05, 0) is 37.5 Å². The zero-order valence-electron chi connectivity index (χ0n) is 12.6. The Hall–Kier alpha value is -2.17. The van der Waals surface area contributed by atoms with Crippen LogP contribution in [0.1, 0.15) is 24.0 Å². The van der Waals surface area contributed by atoms with Crippen LogP contribution in [0.15, 0.2) is 24.3 Å². The molecule has 4 nitrogen and oxygen atoms in total. The fraction of sp³-hybridized carbons (Fsp3) is 0.375. The summed E-state index contributed by atoms with van der Waals surface area (Å²) in [6.45, 7) is 4.67. The molecule has 1 N–H and O–H groups in total. The van der Waals surface area contributed by atoms with Crippen molar-refractivity contribution in [1.82, 2.24) is 9.97 Å². The maximum Gasteiger partial charge on any atom is 0.165 e. The first-order chi connectivity index (χ1) is 10.1. The SMILES string of the molecule is CCc1cc(NCCc2ccc(F)c(OC)c2)nc(C)n1. The first-order valence-electron chi connectivity index (χ1n) is 7.03. The summed E-state index contributed by atoms with van der Waals surface area (Å²) in [5.41, 5.74) is 2.04. The van der Waals surface area contributed by atoms with Gasteiger partial charge in [0.2, 0.25) is 0 Å². The molecule has 0 aliphatic rings. The van der Waals surface area contributed by atoms with E-state index in [2.05, 4.69) is 22.2 Å². The number of anilines is 1. The van der Waals surface area contributed by atoms with Gasteiger partial charge in [-0.3, -0.25) is 0 Å². The van der Waals surface area contributed by atoms with Gasteiger partial charge >= 0.3 is 0 Å². The van der Waals surface area contributed by atoms with Gasteiger partial charge in [0.1, 0.15) is 11.6 Å². The monoisotopic (exact) mass is 289 g/mol. The van der Waals surface area contributed by atoms with Crippen molar-refractivity contribution in [3.8, 4) is 5.75 Å². The Bertz CT molecular complexity index is 616. The lowest BCUT2D eigenvalue weighted by atomic mass is 10.1. The highest BCUT2D eigenvalue weighted by atomic mass is 19.1. The molecular formula is C16H20FN3O. The number of nitrogens with one attached hydrogen (secondary N) is 1. The molecule has 0 aliphatic carbocycles. The number of rotatable bonds is 6. The van der Waals surface area contributed by atoms with Crippen molar-refractivity contribution in [1.29, 1.82) is 0 Å². The van der Waals surface area contributed by atoms with Crippen LogP contribution in [-0.2, 0) is 12.8 Å². The van der Waals surface area contributed by atoms with Gasteiger partial charge in [-0.2, -0.15) is 0 Å². The van der Waals surface area contributed by atoms with E-state index < -0.39 is 0 Å². The summed E-state index contributed by atoms with van der Waals surface area (Å²) in [5, 5.41) is 3.28. The van der Waals surface area contributed by atoms with Crippen LogP contribution in [0.4, 0.5) is 10.2 Å². The first kappa shape index (κ1) is 15.2. The maximum atomic E-state index is 13.3. The van der Waals surface area contributed by atoms with E-state index in [4.69, 9.17) is 4.74 Å². The Morgan fingerprint density at radius 3 is 2.76 bits per heavy atom. The van der Waals surface area contributed by atoms with Crippen molar-refractivity contribution < 1.29 is 9.13 Å². The molecule has 1 aromatic carbocycles. The lowest BCUT2D eigenvalue weighted by molar-refractivity contribution is 0.386. The number of hydrogen-bond acceptors (Lipinski definition) is 4. The van der Waals surface area contributed by atoms with Crippen LogP contribution in [0.3, 0.4) is 0 Å². The summed E-state index contributed by atoms with van der Waals surface area (Å²) < 4.78 is 18.3. The third-order valence-electron chi connectivity index (χ3n) is 3.19. The number of ether oxygens (including phenoxy) is 1. The van der Waals surface area contributed by atoms with E-state index in [0.29, 0.717) is 6.54 Å². The van der Waals surface area contributed by atoms with Gasteiger partial charge in [0.25, 0.3) is 0 Å². The van der Waals surface area contributed by atoms with Crippen LogP contribution in [0.25, 0.3) is 0 Å². The fourth-order valence-electron chi connectivity index (χ4n) is 2.10. The van der Waals surface area contributed by atoms with Gasteiger partial charge in [-0.25, -0.2) is 14.4 Å². The third kappa shape index (κ3) is 4.15. The molecule has 0 aliphatic heterocycles. The van der Waals surface area contributed by atoms with Crippen molar-refractivity contribution in [2.75, 3.05) is 19.0 Å². The summed E-state index contributed by atoms with van der Waals surface area (Å²) in [6.07, 6.45) is 1.65. The topological polar surface area (TPSA) is 47.0 Å². The summed E-state index contributed by atoms with van der Waals surface area (Å²) in [5.74, 6) is 1.53. The molecule has 112 valence electrons. The van der Waals surface area contributed by atoms with Crippen LogP contribution in [-0.4, -0.2) is 23.6 Å². The Morgan fingerprint density at radius 1 is 1.24 bits per heavy atom. The molecule has 0 atom stereocenters. The average Bonchev–Trinajstić information content (AvgIpc) is 2.48. The number of methoxy groups -OCH3 is 1. The standard InChI is InChI=1S/C16H20FN3O/c1-4-13-10-16(20-11(2)19-13)18-8-7-12-5-6-14(17)15(9-12)21-3/h5-6,9-10H,4,7-8H2,1-3H3,(H,18,19,20). The van der Waals surface area contributed by atoms with Crippen LogP contribution < -0.4 is 10.1 Å². The molecule has 0 saturated heterocycles. The molecular weight excluding hydrogens is 269 g/mol. The molecule has 0 radical (unpaired) electrons. The van der Waals surface area contributed by atoms with E-state index in [-0.39, 0.29) is 11.6 Å². The van der Waals surface area contributed by atoms with Gasteiger partial charge < -0.3 is 10.1 Å². The minimum atomic E-state index is -0.340. The van der Waals surface area contributed by atoms with Gasteiger partial charge in [0.15, 0.2) is 11.6 Å². The highest BCUT2D eigenvalue weighted by molar-refractivity contribution is 5.37. The number of halogens is 1. The molecule has 2 aromatic rings. The van der Waals surface area contributed by atoms with Gasteiger partial charge in [-0.15, -0.1) is 0 Å². The lowest BCUT2D eigenvalue weighted by Crippen LogP contribution is -2.08. The number of benzene rings is 1. The summed E-state index contributed by atoms with van der Waals surface area (Å²) in [4.78, 5) is 8.70. The normalized spacial score (nSPS) is 10.5. The van der Waals surface area contributed by atoms with Crippen LogP contribution in [0.2, 0.25) is 0 Å². The van der Waals surface area contributed by atoms with Crippen LogP contribution in [0, 0.1) is 12.7 Å². The van der Waals surface area contributed by atoms with E-state index >= 15 is 0 Å². The molecule has 0 spiro atoms. The smallest absolute Gasteiger partial charge is 0.165 e. The first-order valence-corrected chi connectivity index (χ1v) is 7.03. The van der Waals surface area contributed by atoms with Crippen molar-refractivity contribution in [3.63, 3.8) is 0 Å². The Labute approximate surface area is 124 Å². The highest BCUT2D eigenvalue weighted by Gasteiger charge is 2.04. The van der Waals surface area contributed by atoms with E-state index in [1.807, 2.05) is 13.0 Å². The van der Waals surface area contributed by atoms with Crippen molar-refractivity contribution >= 4 is 5.82 Å². The Balaban J connectivity index is 1.96. The number of hydrogen-bond donors (Lipinski definition) is 1. The number of aryl methyl sites for hydroxylation is 2. The quantitative estimate of drug-likeness (QED) is 0.887. The minimum Gasteiger partial charge on any atom is -0.494 e. The number of aromatic nitrogens is 2. The second-order valence-corrected chi connectivity index (χ2v) is 4.79. The Morgan fingerprint density at radius 2 is 2.05 bits per heavy atom. The second kappa shape index (κ2) is 7.02. The molecule has 1 heterocycles. The molecule has 5 heteroatoms. The van der Waals surface area contributed by atoms with Gasteiger partial charge in [-0.1, -0.05) is 13.0 Å². The van der Waals surface area contributed by atoms with Crippen molar-refractivity contribution in [3.05, 3.63) is 47.2 Å². The zero-order chi connectivity index (χ0) is 15.2. The summed E-state index contributed by atoms with van der Waals surface area (Å²) in [7, 11) is 1.47. The molecule has 0 amide bonds. The molecule has 0 fully saturated rings. The largest absolute Gasteiger partial charge is 0.494 e. The molecule has 1 aromatic heterocycles. The van der Waals surface area contributed by atoms with E-state index in [1.165, 1.54) is 13.2 Å². The molecule has 0 unspecified atom stereocenters. The van der Waals surface area contributed by atoms with Gasteiger partial charge in [0.05, 0.1) is 7.11 Å². The molecule has 21 heavy (non-hydrogen) atoms. The van der Waals surface area contributed by atoms with Crippen molar-refractivity contribution in [2.24, 2.45) is 0 Å². The minimum absolute atomic E-state index is 0.277. The summed E-state index contributed by atoms with van der Waals surface area (Å²) in [6, 6.07) is 6.87.